The van der Waals surface area contributed by atoms with E-state index in [0.717, 1.165) is 48.0 Å². The average molecular weight is 1020 g/mol. The van der Waals surface area contributed by atoms with Crippen molar-refractivity contribution in [1.82, 2.24) is 0 Å². The van der Waals surface area contributed by atoms with Crippen molar-refractivity contribution in [3.63, 3.8) is 0 Å². The van der Waals surface area contributed by atoms with Crippen LogP contribution in [-0.4, -0.2) is 70.6 Å². The Morgan fingerprint density at radius 2 is 0.797 bits per heavy atom. The fourth-order valence-corrected chi connectivity index (χ4v) is 9.97. The topological polar surface area (TPSA) is 279 Å². The Kier molecular flexibility index (Phi) is 13.6. The van der Waals surface area contributed by atoms with Gasteiger partial charge in [-0.1, -0.05) is 60.7 Å². The molecule has 0 aliphatic carbocycles. The largest absolute Gasteiger partial charge is 0.497 e. The molecule has 0 fully saturated rings. The zero-order valence-electron chi connectivity index (χ0n) is 36.2. The Morgan fingerprint density at radius 3 is 1.17 bits per heavy atom. The zero-order valence-corrected chi connectivity index (χ0v) is 39.4. The summed E-state index contributed by atoms with van der Waals surface area (Å²) in [6.07, 6.45) is 0. The Hall–Kier alpha value is -7.08. The van der Waals surface area contributed by atoms with E-state index in [1.54, 1.807) is 60.7 Å². The first kappa shape index (κ1) is 49.8. The summed E-state index contributed by atoms with van der Waals surface area (Å²) in [5.41, 5.74) is 0.499. The minimum Gasteiger partial charge on any atom is -0.497 e. The number of ether oxygens (including phenoxy) is 3. The van der Waals surface area contributed by atoms with E-state index in [2.05, 4.69) is 0 Å². The van der Waals surface area contributed by atoms with E-state index in [1.165, 1.54) is 50.4 Å². The van der Waals surface area contributed by atoms with Gasteiger partial charge in [0.15, 0.2) is 11.6 Å². The van der Waals surface area contributed by atoms with E-state index in [9.17, 15) is 61.5 Å². The van der Waals surface area contributed by atoms with Crippen molar-refractivity contribution in [2.75, 3.05) is 7.11 Å². The second-order valence-electron chi connectivity index (χ2n) is 15.5. The van der Waals surface area contributed by atoms with Gasteiger partial charge in [0.1, 0.15) is 38.5 Å². The lowest BCUT2D eigenvalue weighted by Crippen LogP contribution is -2.25. The number of methoxy groups -OCH3 is 1. The number of rotatable bonds is 16. The van der Waals surface area contributed by atoms with Crippen LogP contribution in [0.4, 0.5) is 0 Å². The maximum Gasteiger partial charge on any atom is 0.298 e. The molecule has 0 aromatic heterocycles. The van der Waals surface area contributed by atoms with Crippen LogP contribution in [0.25, 0.3) is 0 Å². The van der Waals surface area contributed by atoms with Gasteiger partial charge < -0.3 is 14.2 Å². The molecule has 7 rings (SSSR count). The van der Waals surface area contributed by atoms with E-state index < -0.39 is 77.0 Å². The molecule has 69 heavy (non-hydrogen) atoms. The Labute approximate surface area is 396 Å². The summed E-state index contributed by atoms with van der Waals surface area (Å²) >= 11 is 0. The Balaban J connectivity index is 1.18. The zero-order chi connectivity index (χ0) is 50.3. The quantitative estimate of drug-likeness (QED) is 0.0401. The standard InChI is InChI=1S/C48H38O17S4/c1-29-7-8-31(26-43(29)67(54,55)56)47(50)33-10-24-42(45(28-33)69(60,61)62)65-39-21-15-36(16-22-39)48(2,34-11-17-37(63-3)18-12-34)35-13-19-38(20-14-35)64-41-23-9-32(27-44(41)68(57,58)59)46(49)30-5-4-6-40(25-30)66(51,52)53/h4-28H,1-3H3,(H,51,52,53)(H,54,55,56)(H,57,58,59)(H,60,61,62). The molecule has 1 atom stereocenters. The van der Waals surface area contributed by atoms with Crippen LogP contribution in [-0.2, 0) is 45.9 Å². The third kappa shape index (κ3) is 10.8. The molecule has 0 heterocycles. The second kappa shape index (κ2) is 18.8. The molecular weight excluding hydrogens is 977 g/mol. The highest BCUT2D eigenvalue weighted by atomic mass is 32.2. The van der Waals surface area contributed by atoms with Crippen molar-refractivity contribution in [3.05, 3.63) is 196 Å². The monoisotopic (exact) mass is 1010 g/mol. The van der Waals surface area contributed by atoms with Crippen LogP contribution in [0.2, 0.25) is 0 Å². The molecule has 0 aliphatic rings. The summed E-state index contributed by atoms with van der Waals surface area (Å²) < 4.78 is 154. The summed E-state index contributed by atoms with van der Waals surface area (Å²) in [6, 6.07) is 34.7. The molecule has 17 nitrogen and oxygen atoms in total. The third-order valence-electron chi connectivity index (χ3n) is 11.1. The first-order valence-corrected chi connectivity index (χ1v) is 25.7. The van der Waals surface area contributed by atoms with Gasteiger partial charge in [0, 0.05) is 27.7 Å². The van der Waals surface area contributed by atoms with Gasteiger partial charge in [-0.3, -0.25) is 27.8 Å². The molecule has 0 radical (unpaired) electrons. The molecule has 0 bridgehead atoms. The number of benzene rings is 7. The average Bonchev–Trinajstić information content (AvgIpc) is 3.30. The number of ketones is 2. The molecular formula is C48H38O17S4. The lowest BCUT2D eigenvalue weighted by Gasteiger charge is -2.32. The lowest BCUT2D eigenvalue weighted by molar-refractivity contribution is 0.103. The maximum atomic E-state index is 13.4. The molecule has 7 aromatic rings. The molecule has 7 aromatic carbocycles. The summed E-state index contributed by atoms with van der Waals surface area (Å²) in [5.74, 6) is -1.50. The predicted octanol–water partition coefficient (Wildman–Crippen LogP) is 8.39. The van der Waals surface area contributed by atoms with Crippen LogP contribution in [0.15, 0.2) is 171 Å². The summed E-state index contributed by atoms with van der Waals surface area (Å²) in [5, 5.41) is 0. The fourth-order valence-electron chi connectivity index (χ4n) is 7.41. The van der Waals surface area contributed by atoms with Crippen molar-refractivity contribution in [1.29, 1.82) is 0 Å². The van der Waals surface area contributed by atoms with Crippen LogP contribution in [0.3, 0.4) is 0 Å². The van der Waals surface area contributed by atoms with Gasteiger partial charge in [0.25, 0.3) is 40.5 Å². The lowest BCUT2D eigenvalue weighted by atomic mass is 9.71. The van der Waals surface area contributed by atoms with Crippen LogP contribution in [0.5, 0.6) is 28.7 Å². The first-order valence-electron chi connectivity index (χ1n) is 20.0. The third-order valence-corrected chi connectivity index (χ3v) is 14.7. The minimum absolute atomic E-state index is 0.119. The maximum absolute atomic E-state index is 13.4. The van der Waals surface area contributed by atoms with Crippen molar-refractivity contribution >= 4 is 52.0 Å². The smallest absolute Gasteiger partial charge is 0.298 e. The predicted molar refractivity (Wildman–Crippen MR) is 248 cm³/mol. The molecule has 0 spiro atoms. The van der Waals surface area contributed by atoms with Gasteiger partial charge in [-0.05, 0) is 127 Å². The number of hydrogen-bond donors (Lipinski definition) is 4. The van der Waals surface area contributed by atoms with Crippen molar-refractivity contribution in [2.45, 2.75) is 38.8 Å². The molecule has 0 amide bonds. The summed E-state index contributed by atoms with van der Waals surface area (Å²) in [7, 11) is -17.8. The highest BCUT2D eigenvalue weighted by Gasteiger charge is 2.32. The minimum atomic E-state index is -5.01. The first-order chi connectivity index (χ1) is 32.3. The van der Waals surface area contributed by atoms with Crippen LogP contribution in [0, 0.1) is 6.92 Å². The van der Waals surface area contributed by atoms with Gasteiger partial charge in [-0.2, -0.15) is 33.7 Å². The number of hydrogen-bond acceptors (Lipinski definition) is 13. The molecule has 0 saturated carbocycles. The molecule has 21 heteroatoms. The number of carbonyl (C=O) groups excluding carboxylic acids is 2. The van der Waals surface area contributed by atoms with Gasteiger partial charge in [-0.15, -0.1) is 0 Å². The van der Waals surface area contributed by atoms with Crippen molar-refractivity contribution in [3.8, 4) is 28.7 Å². The fraction of sp³-hybridized carbons (Fsp3) is 0.0833. The molecule has 0 saturated heterocycles. The normalized spacial score (nSPS) is 13.0. The van der Waals surface area contributed by atoms with E-state index in [1.807, 2.05) is 19.1 Å². The van der Waals surface area contributed by atoms with Crippen LogP contribution >= 0.6 is 0 Å². The van der Waals surface area contributed by atoms with E-state index in [-0.39, 0.29) is 50.8 Å². The van der Waals surface area contributed by atoms with Gasteiger partial charge in [0.05, 0.1) is 16.9 Å². The van der Waals surface area contributed by atoms with E-state index in [0.29, 0.717) is 16.9 Å². The number of aryl methyl sites for hydroxylation is 1. The van der Waals surface area contributed by atoms with E-state index >= 15 is 0 Å². The van der Waals surface area contributed by atoms with Crippen molar-refractivity contribution in [2.24, 2.45) is 0 Å². The molecule has 0 aliphatic heterocycles. The second-order valence-corrected chi connectivity index (χ2v) is 21.1. The summed E-state index contributed by atoms with van der Waals surface area (Å²) in [4.78, 5) is 24.0. The van der Waals surface area contributed by atoms with Gasteiger partial charge >= 0.3 is 0 Å². The summed E-state index contributed by atoms with van der Waals surface area (Å²) in [6.45, 7) is 3.33. The molecule has 4 N–H and O–H groups in total. The highest BCUT2D eigenvalue weighted by molar-refractivity contribution is 7.86. The van der Waals surface area contributed by atoms with Crippen LogP contribution < -0.4 is 14.2 Å². The molecule has 356 valence electrons. The Bertz CT molecular complexity index is 3630. The van der Waals surface area contributed by atoms with E-state index in [4.69, 9.17) is 14.2 Å². The van der Waals surface area contributed by atoms with Crippen molar-refractivity contribution < 1.29 is 75.7 Å². The van der Waals surface area contributed by atoms with Gasteiger partial charge in [-0.25, -0.2) is 0 Å². The molecule has 1 unspecified atom stereocenters. The van der Waals surface area contributed by atoms with Gasteiger partial charge in [0.2, 0.25) is 0 Å². The SMILES string of the molecule is COc1ccc(C(C)(c2ccc(Oc3ccc(C(=O)c4cccc(S(=O)(=O)O)c4)cc3S(=O)(=O)O)cc2)c2ccc(Oc3ccc(C(=O)c4ccc(C)c(S(=O)(=O)O)c4)cc3S(=O)(=O)O)cc2)cc1. The highest BCUT2D eigenvalue weighted by Crippen LogP contribution is 2.42. The number of carbonyl (C=O) groups is 2. The van der Waals surface area contributed by atoms with Crippen LogP contribution in [0.1, 0.15) is 61.0 Å². The Morgan fingerprint density at radius 1 is 0.435 bits per heavy atom.